The molecule has 3 nitrogen and oxygen atoms in total. The molecule has 1 N–H and O–H groups in total. The van der Waals surface area contributed by atoms with Gasteiger partial charge in [0.25, 0.3) is 0 Å². The van der Waals surface area contributed by atoms with Crippen LogP contribution in [0, 0.1) is 12.8 Å². The predicted molar refractivity (Wildman–Crippen MR) is 93.9 cm³/mol. The topological polar surface area (TPSA) is 28.4 Å². The molecule has 1 unspecified atom stereocenters. The first-order valence-corrected chi connectivity index (χ1v) is 9.35. The van der Waals surface area contributed by atoms with Gasteiger partial charge in [-0.15, -0.1) is 0 Å². The number of aryl methyl sites for hydroxylation is 1. The highest BCUT2D eigenvalue weighted by molar-refractivity contribution is 7.98. The van der Waals surface area contributed by atoms with Crippen molar-refractivity contribution >= 4 is 11.8 Å². The molecule has 1 rings (SSSR count). The molecule has 0 aromatic carbocycles. The first kappa shape index (κ1) is 18.6. The van der Waals surface area contributed by atoms with Crippen LogP contribution in [0.2, 0.25) is 0 Å². The van der Waals surface area contributed by atoms with E-state index in [1.165, 1.54) is 17.7 Å². The molecule has 0 aliphatic heterocycles. The van der Waals surface area contributed by atoms with Gasteiger partial charge in [-0.2, -0.15) is 11.8 Å². The molecule has 0 fully saturated rings. The van der Waals surface area contributed by atoms with Gasteiger partial charge in [0, 0.05) is 23.9 Å². The highest BCUT2D eigenvalue weighted by Crippen LogP contribution is 2.18. The Morgan fingerprint density at radius 3 is 2.67 bits per heavy atom. The molecule has 1 aromatic heterocycles. The van der Waals surface area contributed by atoms with E-state index in [4.69, 9.17) is 4.42 Å². The van der Waals surface area contributed by atoms with E-state index < -0.39 is 0 Å². The molecule has 0 aliphatic rings. The van der Waals surface area contributed by atoms with Gasteiger partial charge >= 0.3 is 0 Å². The average Bonchev–Trinajstić information content (AvgIpc) is 2.75. The van der Waals surface area contributed by atoms with E-state index in [0.717, 1.165) is 31.2 Å². The second-order valence-electron chi connectivity index (χ2n) is 6.25. The molecule has 1 aromatic rings. The van der Waals surface area contributed by atoms with E-state index in [0.29, 0.717) is 12.0 Å². The first-order valence-electron chi connectivity index (χ1n) is 7.95. The second kappa shape index (κ2) is 9.54. The van der Waals surface area contributed by atoms with Gasteiger partial charge in [-0.25, -0.2) is 0 Å². The summed E-state index contributed by atoms with van der Waals surface area (Å²) in [6, 6.07) is 2.83. The zero-order valence-corrected chi connectivity index (χ0v) is 15.3. The van der Waals surface area contributed by atoms with Crippen LogP contribution < -0.4 is 5.32 Å². The average molecular weight is 313 g/mol. The molecule has 0 bridgehead atoms. The monoisotopic (exact) mass is 312 g/mol. The minimum absolute atomic E-state index is 0.618. The molecule has 1 atom stereocenters. The van der Waals surface area contributed by atoms with E-state index in [1.807, 2.05) is 11.8 Å². The van der Waals surface area contributed by atoms with Crippen LogP contribution in [0.3, 0.4) is 0 Å². The van der Waals surface area contributed by atoms with Crippen molar-refractivity contribution in [3.05, 3.63) is 23.2 Å². The van der Waals surface area contributed by atoms with E-state index in [-0.39, 0.29) is 0 Å². The molecule has 0 saturated heterocycles. The van der Waals surface area contributed by atoms with Gasteiger partial charge in [0.1, 0.15) is 11.5 Å². The standard InChI is InChI=1S/C17H32N2OS/c1-7-16(12-21-6)19(5)11-17-8-15(14(4)20-17)10-18-9-13(2)3/h8,13,16,18H,7,9-12H2,1-6H3. The Morgan fingerprint density at radius 2 is 2.10 bits per heavy atom. The Labute approximate surface area is 134 Å². The minimum atomic E-state index is 0.618. The summed E-state index contributed by atoms with van der Waals surface area (Å²) in [6.07, 6.45) is 3.35. The fraction of sp³-hybridized carbons (Fsp3) is 0.765. The van der Waals surface area contributed by atoms with Crippen LogP contribution in [-0.4, -0.2) is 36.5 Å². The zero-order chi connectivity index (χ0) is 15.8. The Hall–Kier alpha value is -0.450. The molecule has 0 aliphatic carbocycles. The van der Waals surface area contributed by atoms with Crippen molar-refractivity contribution in [2.24, 2.45) is 5.92 Å². The zero-order valence-electron chi connectivity index (χ0n) is 14.5. The lowest BCUT2D eigenvalue weighted by Crippen LogP contribution is -2.32. The number of hydrogen-bond donors (Lipinski definition) is 1. The van der Waals surface area contributed by atoms with Crippen molar-refractivity contribution in [1.82, 2.24) is 10.2 Å². The Kier molecular flexibility index (Phi) is 8.45. The first-order chi connectivity index (χ1) is 9.97. The summed E-state index contributed by atoms with van der Waals surface area (Å²) < 4.78 is 5.93. The van der Waals surface area contributed by atoms with E-state index in [9.17, 15) is 0 Å². The summed E-state index contributed by atoms with van der Waals surface area (Å²) in [5.41, 5.74) is 1.29. The summed E-state index contributed by atoms with van der Waals surface area (Å²) in [7, 11) is 2.19. The lowest BCUT2D eigenvalue weighted by atomic mass is 10.2. The van der Waals surface area contributed by atoms with E-state index in [2.05, 4.69) is 57.3 Å². The van der Waals surface area contributed by atoms with Gasteiger partial charge in [-0.05, 0) is 45.2 Å². The van der Waals surface area contributed by atoms with Crippen LogP contribution in [0.25, 0.3) is 0 Å². The highest BCUT2D eigenvalue weighted by atomic mass is 32.2. The Morgan fingerprint density at radius 1 is 1.38 bits per heavy atom. The van der Waals surface area contributed by atoms with E-state index in [1.54, 1.807) is 0 Å². The maximum Gasteiger partial charge on any atom is 0.118 e. The SMILES string of the molecule is CCC(CSC)N(C)Cc1cc(CNCC(C)C)c(C)o1. The van der Waals surface area contributed by atoms with Crippen molar-refractivity contribution in [3.63, 3.8) is 0 Å². The van der Waals surface area contributed by atoms with Gasteiger partial charge in [-0.1, -0.05) is 20.8 Å². The van der Waals surface area contributed by atoms with Crippen molar-refractivity contribution in [2.45, 2.75) is 53.2 Å². The van der Waals surface area contributed by atoms with Crippen LogP contribution >= 0.6 is 11.8 Å². The van der Waals surface area contributed by atoms with Gasteiger partial charge in [0.2, 0.25) is 0 Å². The summed E-state index contributed by atoms with van der Waals surface area (Å²) >= 11 is 1.91. The normalized spacial score (nSPS) is 13.3. The maximum atomic E-state index is 5.93. The summed E-state index contributed by atoms with van der Waals surface area (Å²) in [6.45, 7) is 11.6. The Bertz CT molecular complexity index is 403. The van der Waals surface area contributed by atoms with Crippen molar-refractivity contribution in [1.29, 1.82) is 0 Å². The summed E-state index contributed by atoms with van der Waals surface area (Å²) in [5.74, 6) is 3.98. The molecule has 1 heterocycles. The molecule has 0 spiro atoms. The molecule has 0 radical (unpaired) electrons. The quantitative estimate of drug-likeness (QED) is 0.709. The van der Waals surface area contributed by atoms with Gasteiger partial charge in [0.05, 0.1) is 6.54 Å². The van der Waals surface area contributed by atoms with Gasteiger partial charge < -0.3 is 9.73 Å². The molecule has 0 saturated carbocycles. The van der Waals surface area contributed by atoms with Crippen LogP contribution in [0.4, 0.5) is 0 Å². The molecular weight excluding hydrogens is 280 g/mol. The number of thioether (sulfide) groups is 1. The third-order valence-electron chi connectivity index (χ3n) is 3.80. The lowest BCUT2D eigenvalue weighted by molar-refractivity contribution is 0.227. The minimum Gasteiger partial charge on any atom is -0.465 e. The maximum absolute atomic E-state index is 5.93. The van der Waals surface area contributed by atoms with Crippen LogP contribution in [-0.2, 0) is 13.1 Å². The van der Waals surface area contributed by atoms with Crippen molar-refractivity contribution in [3.8, 4) is 0 Å². The van der Waals surface area contributed by atoms with Crippen LogP contribution in [0.5, 0.6) is 0 Å². The number of nitrogens with zero attached hydrogens (tertiary/aromatic N) is 1. The van der Waals surface area contributed by atoms with Gasteiger partial charge in [0.15, 0.2) is 0 Å². The summed E-state index contributed by atoms with van der Waals surface area (Å²) in [4.78, 5) is 2.40. The summed E-state index contributed by atoms with van der Waals surface area (Å²) in [5, 5.41) is 3.49. The van der Waals surface area contributed by atoms with Crippen LogP contribution in [0.15, 0.2) is 10.5 Å². The smallest absolute Gasteiger partial charge is 0.118 e. The molecule has 0 amide bonds. The second-order valence-corrected chi connectivity index (χ2v) is 7.16. The molecule has 21 heavy (non-hydrogen) atoms. The molecule has 122 valence electrons. The fourth-order valence-electron chi connectivity index (χ4n) is 2.46. The third-order valence-corrected chi connectivity index (χ3v) is 4.52. The number of nitrogens with one attached hydrogen (secondary N) is 1. The largest absolute Gasteiger partial charge is 0.465 e. The number of rotatable bonds is 10. The Balaban J connectivity index is 2.56. The third kappa shape index (κ3) is 6.45. The number of hydrogen-bond acceptors (Lipinski definition) is 4. The van der Waals surface area contributed by atoms with Gasteiger partial charge in [-0.3, -0.25) is 4.90 Å². The molecular formula is C17H32N2OS. The number of furan rings is 1. The lowest BCUT2D eigenvalue weighted by Gasteiger charge is -2.25. The van der Waals surface area contributed by atoms with Crippen LogP contribution in [0.1, 0.15) is 44.3 Å². The van der Waals surface area contributed by atoms with Crippen molar-refractivity contribution < 1.29 is 4.42 Å². The molecule has 4 heteroatoms. The van der Waals surface area contributed by atoms with E-state index >= 15 is 0 Å². The fourth-order valence-corrected chi connectivity index (χ4v) is 3.34. The highest BCUT2D eigenvalue weighted by Gasteiger charge is 2.15. The predicted octanol–water partition coefficient (Wildman–Crippen LogP) is 3.91. The van der Waals surface area contributed by atoms with Crippen molar-refractivity contribution in [2.75, 3.05) is 25.6 Å².